The monoisotopic (exact) mass is 232 g/mol. The minimum atomic E-state index is -3.33. The van der Waals surface area contributed by atoms with E-state index < -0.39 is 15.3 Å². The summed E-state index contributed by atoms with van der Waals surface area (Å²) in [6.07, 6.45) is 0. The number of nitrogens with one attached hydrogen (secondary N) is 1. The van der Waals surface area contributed by atoms with Gasteiger partial charge in [0.05, 0.1) is 11.8 Å². The van der Waals surface area contributed by atoms with Gasteiger partial charge in [-0.25, -0.2) is 13.1 Å². The molecule has 0 fully saturated rings. The summed E-state index contributed by atoms with van der Waals surface area (Å²) in [4.78, 5) is 0. The fourth-order valence-electron chi connectivity index (χ4n) is 1.02. The van der Waals surface area contributed by atoms with E-state index in [1.165, 1.54) is 0 Å². The molecule has 15 heavy (non-hydrogen) atoms. The number of aryl methyl sites for hydroxylation is 1. The van der Waals surface area contributed by atoms with Crippen molar-refractivity contribution in [3.8, 4) is 0 Å². The summed E-state index contributed by atoms with van der Waals surface area (Å²) in [6.45, 7) is 3.64. The van der Waals surface area contributed by atoms with Gasteiger partial charge in [-0.3, -0.25) is 0 Å². The number of hydrogen-bond acceptors (Lipinski definition) is 4. The van der Waals surface area contributed by atoms with Crippen LogP contribution in [0.1, 0.15) is 18.4 Å². The molecule has 3 N–H and O–H groups in total. The maximum atomic E-state index is 11.5. The highest BCUT2D eigenvalue weighted by Gasteiger charge is 2.18. The fourth-order valence-corrected chi connectivity index (χ4v) is 1.90. The van der Waals surface area contributed by atoms with Crippen molar-refractivity contribution in [1.82, 2.24) is 4.72 Å². The number of nitrogens with two attached hydrogens (primary N) is 1. The lowest BCUT2D eigenvalue weighted by Gasteiger charge is -2.10. The van der Waals surface area contributed by atoms with Crippen molar-refractivity contribution in [2.75, 3.05) is 6.54 Å². The second kappa shape index (κ2) is 4.78. The molecule has 1 heterocycles. The lowest BCUT2D eigenvalue weighted by atomic mass is 10.4. The number of rotatable bonds is 5. The van der Waals surface area contributed by atoms with Crippen LogP contribution in [-0.2, 0) is 16.6 Å². The third-order valence-corrected chi connectivity index (χ3v) is 3.90. The molecule has 0 bridgehead atoms. The highest BCUT2D eigenvalue weighted by molar-refractivity contribution is 7.90. The van der Waals surface area contributed by atoms with E-state index in [0.29, 0.717) is 5.76 Å². The molecule has 0 radical (unpaired) electrons. The summed E-state index contributed by atoms with van der Waals surface area (Å²) in [7, 11) is -3.33. The zero-order chi connectivity index (χ0) is 11.5. The lowest BCUT2D eigenvalue weighted by molar-refractivity contribution is 0.474. The van der Waals surface area contributed by atoms with Gasteiger partial charge in [0.25, 0.3) is 0 Å². The van der Waals surface area contributed by atoms with Crippen molar-refractivity contribution in [3.05, 3.63) is 23.7 Å². The van der Waals surface area contributed by atoms with Crippen LogP contribution in [0.25, 0.3) is 0 Å². The Bertz CT molecular complexity index is 411. The van der Waals surface area contributed by atoms with E-state index in [2.05, 4.69) is 4.72 Å². The summed E-state index contributed by atoms with van der Waals surface area (Å²) in [5.74, 6) is 1.36. The lowest BCUT2D eigenvalue weighted by Crippen LogP contribution is -2.36. The smallest absolute Gasteiger partial charge is 0.215 e. The predicted octanol–water partition coefficient (Wildman–Crippen LogP) is 0.355. The number of hydrogen-bond donors (Lipinski definition) is 2. The minimum absolute atomic E-state index is 0.104. The first-order chi connectivity index (χ1) is 6.95. The number of furan rings is 1. The summed E-state index contributed by atoms with van der Waals surface area (Å²) < 4.78 is 30.7. The van der Waals surface area contributed by atoms with Gasteiger partial charge in [0.2, 0.25) is 10.0 Å². The molecule has 86 valence electrons. The quantitative estimate of drug-likeness (QED) is 0.767. The Balaban J connectivity index is 2.57. The molecular formula is C9H16N2O3S. The van der Waals surface area contributed by atoms with Crippen LogP contribution in [0.15, 0.2) is 16.5 Å². The van der Waals surface area contributed by atoms with Crippen LogP contribution >= 0.6 is 0 Å². The van der Waals surface area contributed by atoms with Crippen molar-refractivity contribution in [3.63, 3.8) is 0 Å². The third kappa shape index (κ3) is 3.33. The van der Waals surface area contributed by atoms with Crippen molar-refractivity contribution in [2.45, 2.75) is 25.6 Å². The largest absolute Gasteiger partial charge is 0.465 e. The van der Waals surface area contributed by atoms with Crippen LogP contribution in [0.3, 0.4) is 0 Å². The molecule has 0 amide bonds. The molecular weight excluding hydrogens is 216 g/mol. The van der Waals surface area contributed by atoms with Gasteiger partial charge in [-0.1, -0.05) is 0 Å². The van der Waals surface area contributed by atoms with Crippen molar-refractivity contribution in [1.29, 1.82) is 0 Å². The second-order valence-electron chi connectivity index (χ2n) is 3.42. The Morgan fingerprint density at radius 1 is 1.53 bits per heavy atom. The van der Waals surface area contributed by atoms with Crippen LogP contribution in [0, 0.1) is 6.92 Å². The van der Waals surface area contributed by atoms with E-state index in [4.69, 9.17) is 10.2 Å². The zero-order valence-corrected chi connectivity index (χ0v) is 9.67. The Hall–Kier alpha value is -0.850. The molecule has 1 aromatic heterocycles. The number of sulfonamides is 1. The Kier molecular flexibility index (Phi) is 3.90. The van der Waals surface area contributed by atoms with Gasteiger partial charge in [-0.15, -0.1) is 0 Å². The van der Waals surface area contributed by atoms with E-state index >= 15 is 0 Å². The minimum Gasteiger partial charge on any atom is -0.465 e. The zero-order valence-electron chi connectivity index (χ0n) is 8.86. The molecule has 0 aromatic carbocycles. The maximum Gasteiger partial charge on any atom is 0.215 e. The van der Waals surface area contributed by atoms with Gasteiger partial charge < -0.3 is 10.2 Å². The second-order valence-corrected chi connectivity index (χ2v) is 5.61. The molecule has 1 aromatic rings. The van der Waals surface area contributed by atoms with Crippen molar-refractivity contribution in [2.24, 2.45) is 5.73 Å². The van der Waals surface area contributed by atoms with Crippen LogP contribution in [0.2, 0.25) is 0 Å². The summed E-state index contributed by atoms with van der Waals surface area (Å²) in [5, 5.41) is -0.589. The van der Waals surface area contributed by atoms with Gasteiger partial charge in [-0.05, 0) is 26.0 Å². The molecule has 5 nitrogen and oxygen atoms in total. The first kappa shape index (κ1) is 12.2. The Labute approximate surface area is 89.7 Å². The molecule has 1 unspecified atom stereocenters. The van der Waals surface area contributed by atoms with Gasteiger partial charge >= 0.3 is 0 Å². The van der Waals surface area contributed by atoms with Crippen LogP contribution in [-0.4, -0.2) is 20.2 Å². The molecule has 0 aliphatic heterocycles. The van der Waals surface area contributed by atoms with Crippen LogP contribution < -0.4 is 10.5 Å². The third-order valence-electron chi connectivity index (χ3n) is 2.11. The first-order valence-corrected chi connectivity index (χ1v) is 6.24. The van der Waals surface area contributed by atoms with Gasteiger partial charge in [0, 0.05) is 6.54 Å². The van der Waals surface area contributed by atoms with Crippen molar-refractivity contribution >= 4 is 10.0 Å². The standard InChI is InChI=1S/C9H16N2O3S/c1-7-3-4-9(14-7)6-11-15(12,13)8(2)5-10/h3-4,8,11H,5-6,10H2,1-2H3. The first-order valence-electron chi connectivity index (χ1n) is 4.69. The highest BCUT2D eigenvalue weighted by atomic mass is 32.2. The van der Waals surface area contributed by atoms with Gasteiger partial charge in [0.1, 0.15) is 11.5 Å². The summed E-state index contributed by atoms with van der Waals surface area (Å²) in [6, 6.07) is 3.53. The molecule has 0 saturated heterocycles. The molecule has 0 aliphatic carbocycles. The maximum absolute atomic E-state index is 11.5. The molecule has 0 spiro atoms. The van der Waals surface area contributed by atoms with Gasteiger partial charge in [-0.2, -0.15) is 0 Å². The average molecular weight is 232 g/mol. The average Bonchev–Trinajstić information content (AvgIpc) is 2.60. The molecule has 1 atom stereocenters. The van der Waals surface area contributed by atoms with E-state index in [1.807, 2.05) is 0 Å². The van der Waals surface area contributed by atoms with Crippen LogP contribution in [0.4, 0.5) is 0 Å². The Morgan fingerprint density at radius 2 is 2.20 bits per heavy atom. The van der Waals surface area contributed by atoms with Crippen molar-refractivity contribution < 1.29 is 12.8 Å². The summed E-state index contributed by atoms with van der Waals surface area (Å²) >= 11 is 0. The highest BCUT2D eigenvalue weighted by Crippen LogP contribution is 2.06. The van der Waals surface area contributed by atoms with E-state index in [9.17, 15) is 8.42 Å². The molecule has 0 saturated carbocycles. The van der Waals surface area contributed by atoms with Gasteiger partial charge in [0.15, 0.2) is 0 Å². The van der Waals surface area contributed by atoms with Crippen LogP contribution in [0.5, 0.6) is 0 Å². The normalized spacial score (nSPS) is 14.1. The topological polar surface area (TPSA) is 85.3 Å². The molecule has 0 aliphatic rings. The summed E-state index contributed by atoms with van der Waals surface area (Å²) in [5.41, 5.74) is 5.29. The fraction of sp³-hybridized carbons (Fsp3) is 0.556. The molecule has 1 rings (SSSR count). The van der Waals surface area contributed by atoms with E-state index in [1.54, 1.807) is 26.0 Å². The SMILES string of the molecule is Cc1ccc(CNS(=O)(=O)C(C)CN)o1. The Morgan fingerprint density at radius 3 is 2.67 bits per heavy atom. The van der Waals surface area contributed by atoms with E-state index in [0.717, 1.165) is 5.76 Å². The predicted molar refractivity (Wildman–Crippen MR) is 57.7 cm³/mol. The molecule has 6 heteroatoms. The van der Waals surface area contributed by atoms with E-state index in [-0.39, 0.29) is 13.1 Å².